The van der Waals surface area contributed by atoms with E-state index in [1.165, 1.54) is 19.2 Å². The number of aromatic nitrogens is 5. The van der Waals surface area contributed by atoms with E-state index >= 15 is 0 Å². The molecule has 0 radical (unpaired) electrons. The van der Waals surface area contributed by atoms with Crippen LogP contribution in [0.5, 0.6) is 5.88 Å². The summed E-state index contributed by atoms with van der Waals surface area (Å²) in [6, 6.07) is 5.83. The fraction of sp³-hybridized carbons (Fsp3) is 0.524. The molecule has 2 aliphatic rings. The molecule has 5 rings (SSSR count). The van der Waals surface area contributed by atoms with E-state index in [0.29, 0.717) is 10.9 Å². The van der Waals surface area contributed by atoms with E-state index in [4.69, 9.17) is 4.74 Å². The molecule has 0 bridgehead atoms. The van der Waals surface area contributed by atoms with Gasteiger partial charge in [-0.05, 0) is 31.0 Å². The van der Waals surface area contributed by atoms with Crippen molar-refractivity contribution in [3.8, 4) is 5.88 Å². The van der Waals surface area contributed by atoms with Crippen LogP contribution in [0.15, 0.2) is 24.5 Å². The number of hydrogen-bond acceptors (Lipinski definition) is 7. The van der Waals surface area contributed by atoms with Crippen LogP contribution in [-0.2, 0) is 19.5 Å². The molecule has 0 N–H and O–H groups in total. The largest absolute Gasteiger partial charge is 0.471 e. The van der Waals surface area contributed by atoms with E-state index in [1.54, 1.807) is 0 Å². The number of aryl methyl sites for hydroxylation is 1. The highest BCUT2D eigenvalue weighted by Crippen LogP contribution is 2.28. The Morgan fingerprint density at radius 1 is 1.00 bits per heavy atom. The molecule has 0 saturated carbocycles. The average molecular weight is 429 g/mol. The van der Waals surface area contributed by atoms with Crippen LogP contribution in [0.3, 0.4) is 0 Å². The molecule has 1 aromatic carbocycles. The third-order valence-corrected chi connectivity index (χ3v) is 5.97. The topological polar surface area (TPSA) is 72.2 Å². The lowest BCUT2D eigenvalue weighted by Gasteiger charge is -2.36. The molecule has 10 heteroatoms. The van der Waals surface area contributed by atoms with Gasteiger partial charge in [-0.3, -0.25) is 4.90 Å². The normalized spacial score (nSPS) is 17.3. The van der Waals surface area contributed by atoms with Gasteiger partial charge in [-0.25, -0.2) is 18.7 Å². The van der Waals surface area contributed by atoms with Gasteiger partial charge in [0.25, 0.3) is 6.43 Å². The fourth-order valence-corrected chi connectivity index (χ4v) is 4.32. The quantitative estimate of drug-likeness (QED) is 0.596. The lowest BCUT2D eigenvalue weighted by Crippen LogP contribution is -2.46. The van der Waals surface area contributed by atoms with Crippen LogP contribution in [0.1, 0.15) is 24.5 Å². The molecule has 2 aromatic heterocycles. The molecule has 1 saturated heterocycles. The lowest BCUT2D eigenvalue weighted by atomic mass is 10.1. The van der Waals surface area contributed by atoms with Crippen molar-refractivity contribution in [2.75, 3.05) is 37.7 Å². The molecule has 31 heavy (non-hydrogen) atoms. The zero-order valence-electron chi connectivity index (χ0n) is 17.3. The maximum absolute atomic E-state index is 12.6. The van der Waals surface area contributed by atoms with E-state index in [1.807, 2.05) is 18.2 Å². The maximum atomic E-state index is 12.6. The summed E-state index contributed by atoms with van der Waals surface area (Å²) in [5.74, 6) is 2.37. The van der Waals surface area contributed by atoms with Crippen LogP contribution in [-0.4, -0.2) is 68.8 Å². The van der Waals surface area contributed by atoms with Crippen molar-refractivity contribution < 1.29 is 13.5 Å². The van der Waals surface area contributed by atoms with E-state index in [2.05, 4.69) is 34.5 Å². The number of anilines is 1. The van der Waals surface area contributed by atoms with Gasteiger partial charge in [0.05, 0.1) is 17.4 Å². The summed E-state index contributed by atoms with van der Waals surface area (Å²) in [6.07, 6.45) is 2.21. The summed E-state index contributed by atoms with van der Waals surface area (Å²) in [5.41, 5.74) is 1.70. The molecule has 0 amide bonds. The van der Waals surface area contributed by atoms with Gasteiger partial charge in [0, 0.05) is 44.8 Å². The number of piperazine rings is 1. The summed E-state index contributed by atoms with van der Waals surface area (Å²) in [6.45, 7) is 4.73. The summed E-state index contributed by atoms with van der Waals surface area (Å²) >= 11 is 0. The SMILES string of the molecule is FC(F)COc1ncnc2ccc(N3CCN(Cc4nnc5n4CCCC5)CC3)cc12. The summed E-state index contributed by atoms with van der Waals surface area (Å²) in [4.78, 5) is 13.0. The van der Waals surface area contributed by atoms with Crippen LogP contribution < -0.4 is 9.64 Å². The molecule has 4 heterocycles. The molecule has 0 aliphatic carbocycles. The van der Waals surface area contributed by atoms with Crippen molar-refractivity contribution in [2.45, 2.75) is 38.8 Å². The Hall–Kier alpha value is -2.88. The average Bonchev–Trinajstić information content (AvgIpc) is 3.20. The lowest BCUT2D eigenvalue weighted by molar-refractivity contribution is 0.0804. The Labute approximate surface area is 178 Å². The van der Waals surface area contributed by atoms with E-state index in [9.17, 15) is 8.78 Å². The molecular formula is C21H25F2N7O. The first-order valence-corrected chi connectivity index (χ1v) is 10.7. The van der Waals surface area contributed by atoms with Crippen molar-refractivity contribution in [1.82, 2.24) is 29.6 Å². The van der Waals surface area contributed by atoms with Gasteiger partial charge in [-0.15, -0.1) is 10.2 Å². The Balaban J connectivity index is 1.26. The predicted octanol–water partition coefficient (Wildman–Crippen LogP) is 2.52. The third kappa shape index (κ3) is 4.30. The van der Waals surface area contributed by atoms with Gasteiger partial charge in [-0.1, -0.05) is 0 Å². The van der Waals surface area contributed by atoms with Gasteiger partial charge >= 0.3 is 0 Å². The molecule has 164 valence electrons. The highest BCUT2D eigenvalue weighted by atomic mass is 19.3. The first kappa shape index (κ1) is 20.0. The Kier molecular flexibility index (Phi) is 5.63. The van der Waals surface area contributed by atoms with Crippen LogP contribution in [0.2, 0.25) is 0 Å². The molecular weight excluding hydrogens is 404 g/mol. The number of hydrogen-bond donors (Lipinski definition) is 0. The number of halogens is 2. The highest BCUT2D eigenvalue weighted by molar-refractivity contribution is 5.86. The van der Waals surface area contributed by atoms with Crippen LogP contribution in [0.25, 0.3) is 10.9 Å². The van der Waals surface area contributed by atoms with Crippen molar-refractivity contribution in [3.05, 3.63) is 36.2 Å². The van der Waals surface area contributed by atoms with Gasteiger partial charge in [0.1, 0.15) is 18.0 Å². The first-order chi connectivity index (χ1) is 15.2. The second kappa shape index (κ2) is 8.70. The molecule has 8 nitrogen and oxygen atoms in total. The third-order valence-electron chi connectivity index (χ3n) is 5.97. The second-order valence-corrected chi connectivity index (χ2v) is 7.99. The predicted molar refractivity (Wildman–Crippen MR) is 111 cm³/mol. The number of benzene rings is 1. The Morgan fingerprint density at radius 3 is 2.71 bits per heavy atom. The van der Waals surface area contributed by atoms with Gasteiger partial charge < -0.3 is 14.2 Å². The summed E-state index contributed by atoms with van der Waals surface area (Å²) < 4.78 is 32.6. The number of rotatable bonds is 6. The van der Waals surface area contributed by atoms with Crippen LogP contribution in [0.4, 0.5) is 14.5 Å². The summed E-state index contributed by atoms with van der Waals surface area (Å²) in [5, 5.41) is 9.42. The molecule has 0 atom stereocenters. The first-order valence-electron chi connectivity index (χ1n) is 10.7. The number of ether oxygens (including phenoxy) is 1. The van der Waals surface area contributed by atoms with Gasteiger partial charge in [-0.2, -0.15) is 0 Å². The smallest absolute Gasteiger partial charge is 0.272 e. The Morgan fingerprint density at radius 2 is 1.87 bits per heavy atom. The van der Waals surface area contributed by atoms with Crippen molar-refractivity contribution in [2.24, 2.45) is 0 Å². The summed E-state index contributed by atoms with van der Waals surface area (Å²) in [7, 11) is 0. The van der Waals surface area contributed by atoms with Crippen molar-refractivity contribution >= 4 is 16.6 Å². The minimum Gasteiger partial charge on any atom is -0.471 e. The molecule has 2 aliphatic heterocycles. The van der Waals surface area contributed by atoms with E-state index in [0.717, 1.165) is 63.0 Å². The minimum absolute atomic E-state index is 0.197. The maximum Gasteiger partial charge on any atom is 0.272 e. The zero-order chi connectivity index (χ0) is 21.2. The highest BCUT2D eigenvalue weighted by Gasteiger charge is 2.22. The standard InChI is InChI=1S/C21H25F2N7O/c22-18(23)13-31-21-16-11-15(4-5-17(16)24-14-25-21)29-9-7-28(8-10-29)12-20-27-26-19-3-1-2-6-30(19)20/h4-5,11,14,18H,1-3,6-10,12-13H2. The number of alkyl halides is 2. The second-order valence-electron chi connectivity index (χ2n) is 7.99. The fourth-order valence-electron chi connectivity index (χ4n) is 4.32. The minimum atomic E-state index is -2.54. The molecule has 0 spiro atoms. The van der Waals surface area contributed by atoms with E-state index < -0.39 is 13.0 Å². The van der Waals surface area contributed by atoms with Crippen molar-refractivity contribution in [3.63, 3.8) is 0 Å². The molecule has 3 aromatic rings. The van der Waals surface area contributed by atoms with Crippen LogP contribution >= 0.6 is 0 Å². The molecule has 1 fully saturated rings. The molecule has 0 unspecified atom stereocenters. The van der Waals surface area contributed by atoms with Gasteiger partial charge in [0.2, 0.25) is 5.88 Å². The number of nitrogens with zero attached hydrogens (tertiary/aromatic N) is 7. The number of fused-ring (bicyclic) bond motifs is 2. The van der Waals surface area contributed by atoms with E-state index in [-0.39, 0.29) is 5.88 Å². The monoisotopic (exact) mass is 429 g/mol. The Bertz CT molecular complexity index is 1050. The van der Waals surface area contributed by atoms with Gasteiger partial charge in [0.15, 0.2) is 6.61 Å². The zero-order valence-corrected chi connectivity index (χ0v) is 17.3. The van der Waals surface area contributed by atoms with Crippen LogP contribution in [0, 0.1) is 0 Å². The van der Waals surface area contributed by atoms with Crippen molar-refractivity contribution in [1.29, 1.82) is 0 Å².